The van der Waals surface area contributed by atoms with Gasteiger partial charge in [-0.15, -0.1) is 11.4 Å². The van der Waals surface area contributed by atoms with Gasteiger partial charge >= 0.3 is 21.7 Å². The zero-order chi connectivity index (χ0) is 13.1. The third-order valence-corrected chi connectivity index (χ3v) is 2.28. The van der Waals surface area contributed by atoms with Gasteiger partial charge in [0.2, 0.25) is 0 Å². The summed E-state index contributed by atoms with van der Waals surface area (Å²) in [5.74, 6) is 0. The molecular formula is C16H20Cl2NOTi. The average Bonchev–Trinajstić information content (AvgIpc) is 2.43. The van der Waals surface area contributed by atoms with Crippen LogP contribution in [0.3, 0.4) is 0 Å². The molecule has 0 fully saturated rings. The van der Waals surface area contributed by atoms with Crippen LogP contribution in [-0.2, 0) is 21.7 Å². The fraction of sp³-hybridized carbons (Fsp3) is 0.250. The van der Waals surface area contributed by atoms with E-state index in [4.69, 9.17) is 5.11 Å². The van der Waals surface area contributed by atoms with E-state index in [-0.39, 0.29) is 46.5 Å². The summed E-state index contributed by atoms with van der Waals surface area (Å²) in [6.45, 7) is 2.40. The molecular weight excluding hydrogens is 341 g/mol. The molecule has 0 amide bonds. The van der Waals surface area contributed by atoms with E-state index in [0.717, 1.165) is 24.2 Å². The number of nitrogens with zero attached hydrogens (tertiary/aromatic N) is 1. The first-order chi connectivity index (χ1) is 8.86. The number of halogens is 2. The first-order valence-corrected chi connectivity index (χ1v) is 6.29. The molecule has 1 radical (unpaired) electrons. The van der Waals surface area contributed by atoms with Gasteiger partial charge in [0.15, 0.2) is 0 Å². The van der Waals surface area contributed by atoms with Crippen LogP contribution in [0.25, 0.3) is 5.32 Å². The van der Waals surface area contributed by atoms with Crippen LogP contribution >= 0.6 is 0 Å². The number of hydrogen-bond acceptors (Lipinski definition) is 1. The van der Waals surface area contributed by atoms with Crippen LogP contribution in [0.5, 0.6) is 0 Å². The minimum absolute atomic E-state index is 0. The summed E-state index contributed by atoms with van der Waals surface area (Å²) in [5, 5.41) is 12.5. The van der Waals surface area contributed by atoms with Crippen molar-refractivity contribution in [3.63, 3.8) is 0 Å². The standard InChI is InChI=1S/C12H10N.C4H10O.2ClH.Ti/c1-3-7-11(8-4-1)13-12-9-5-2-6-10-12;1-2-3-4-5;;;/h1-10H;5H,2-4H2,1H3;2*1H;/q-1;;;;+3/p-2. The van der Waals surface area contributed by atoms with Gasteiger partial charge in [0, 0.05) is 6.61 Å². The molecule has 0 aromatic heterocycles. The maximum Gasteiger partial charge on any atom is 3.00 e. The molecule has 0 saturated heterocycles. The normalized spacial score (nSPS) is 7.90. The van der Waals surface area contributed by atoms with E-state index in [2.05, 4.69) is 12.2 Å². The Balaban J connectivity index is -0.000000360. The maximum atomic E-state index is 8.07. The fourth-order valence-electron chi connectivity index (χ4n) is 1.31. The minimum Gasteiger partial charge on any atom is -1.00 e. The summed E-state index contributed by atoms with van der Waals surface area (Å²) in [6, 6.07) is 19.9. The molecule has 113 valence electrons. The monoisotopic (exact) mass is 360 g/mol. The molecule has 0 bridgehead atoms. The molecule has 0 aliphatic carbocycles. The smallest absolute Gasteiger partial charge is 1.00 e. The van der Waals surface area contributed by atoms with E-state index in [1.165, 1.54) is 0 Å². The molecule has 2 aromatic carbocycles. The summed E-state index contributed by atoms with van der Waals surface area (Å²) in [4.78, 5) is 0. The van der Waals surface area contributed by atoms with Crippen molar-refractivity contribution in [1.29, 1.82) is 0 Å². The largest absolute Gasteiger partial charge is 3.00 e. The van der Waals surface area contributed by atoms with Crippen molar-refractivity contribution in [3.05, 3.63) is 66.0 Å². The molecule has 0 heterocycles. The van der Waals surface area contributed by atoms with Crippen LogP contribution in [0.4, 0.5) is 11.4 Å². The van der Waals surface area contributed by atoms with Gasteiger partial charge in [-0.25, -0.2) is 0 Å². The van der Waals surface area contributed by atoms with E-state index < -0.39 is 0 Å². The number of unbranched alkanes of at least 4 members (excludes halogenated alkanes) is 1. The molecule has 2 nitrogen and oxygen atoms in total. The van der Waals surface area contributed by atoms with E-state index >= 15 is 0 Å². The molecule has 0 aliphatic rings. The van der Waals surface area contributed by atoms with Gasteiger partial charge in [0.1, 0.15) is 0 Å². The second-order valence-corrected chi connectivity index (χ2v) is 3.86. The molecule has 0 spiro atoms. The predicted molar refractivity (Wildman–Crippen MR) is 77.6 cm³/mol. The quantitative estimate of drug-likeness (QED) is 0.683. The second-order valence-electron chi connectivity index (χ2n) is 3.86. The van der Waals surface area contributed by atoms with Gasteiger partial charge in [-0.3, -0.25) is 0 Å². The number of benzene rings is 2. The van der Waals surface area contributed by atoms with Crippen molar-refractivity contribution in [2.75, 3.05) is 6.61 Å². The Bertz CT molecular complexity index is 376. The van der Waals surface area contributed by atoms with Crippen LogP contribution in [0.2, 0.25) is 0 Å². The Labute approximate surface area is 155 Å². The molecule has 0 aliphatic heterocycles. The molecule has 2 rings (SSSR count). The van der Waals surface area contributed by atoms with Gasteiger partial charge in [-0.2, -0.15) is 0 Å². The van der Waals surface area contributed by atoms with Crippen molar-refractivity contribution in [1.82, 2.24) is 0 Å². The van der Waals surface area contributed by atoms with E-state index in [1.807, 2.05) is 60.7 Å². The third kappa shape index (κ3) is 12.9. The first-order valence-electron chi connectivity index (χ1n) is 6.29. The Morgan fingerprint density at radius 2 is 1.19 bits per heavy atom. The Kier molecular flexibility index (Phi) is 21.3. The topological polar surface area (TPSA) is 34.3 Å². The molecule has 5 heteroatoms. The summed E-state index contributed by atoms with van der Waals surface area (Å²) in [5.41, 5.74) is 1.99. The molecule has 0 unspecified atom stereocenters. The summed E-state index contributed by atoms with van der Waals surface area (Å²) in [7, 11) is 0. The number of aliphatic hydroxyl groups is 1. The Morgan fingerprint density at radius 1 is 0.810 bits per heavy atom. The first kappa shape index (κ1) is 25.4. The van der Waals surface area contributed by atoms with E-state index in [9.17, 15) is 0 Å². The van der Waals surface area contributed by atoms with Gasteiger partial charge < -0.3 is 35.2 Å². The molecule has 2 aromatic rings. The number of para-hydroxylation sites is 2. The third-order valence-electron chi connectivity index (χ3n) is 2.28. The zero-order valence-corrected chi connectivity index (χ0v) is 15.1. The SMILES string of the molecule is CCCCO.[Cl-].[Cl-].[Ti+3].c1ccc([N-]c2ccccc2)cc1. The Hall–Kier alpha value is -0.506. The molecule has 21 heavy (non-hydrogen) atoms. The summed E-state index contributed by atoms with van der Waals surface area (Å²) in [6.07, 6.45) is 2.04. The van der Waals surface area contributed by atoms with Crippen LogP contribution in [0, 0.1) is 0 Å². The maximum absolute atomic E-state index is 8.07. The van der Waals surface area contributed by atoms with Gasteiger partial charge in [-0.05, 0) is 6.42 Å². The summed E-state index contributed by atoms with van der Waals surface area (Å²) < 4.78 is 0. The van der Waals surface area contributed by atoms with Gasteiger partial charge in [0.05, 0.1) is 0 Å². The van der Waals surface area contributed by atoms with Crippen molar-refractivity contribution in [2.45, 2.75) is 19.8 Å². The van der Waals surface area contributed by atoms with Crippen molar-refractivity contribution in [3.8, 4) is 0 Å². The van der Waals surface area contributed by atoms with E-state index in [1.54, 1.807) is 0 Å². The van der Waals surface area contributed by atoms with Crippen LogP contribution < -0.4 is 24.8 Å². The zero-order valence-electron chi connectivity index (χ0n) is 12.0. The van der Waals surface area contributed by atoms with Gasteiger partial charge in [0.25, 0.3) is 0 Å². The summed E-state index contributed by atoms with van der Waals surface area (Å²) >= 11 is 0. The Morgan fingerprint density at radius 3 is 1.43 bits per heavy atom. The molecule has 0 atom stereocenters. The van der Waals surface area contributed by atoms with Gasteiger partial charge in [-0.1, -0.05) is 74.0 Å². The molecule has 1 N–H and O–H groups in total. The fourth-order valence-corrected chi connectivity index (χ4v) is 1.31. The van der Waals surface area contributed by atoms with E-state index in [0.29, 0.717) is 6.61 Å². The number of hydrogen-bond donors (Lipinski definition) is 1. The second kappa shape index (κ2) is 17.5. The van der Waals surface area contributed by atoms with Crippen LogP contribution in [0.15, 0.2) is 60.7 Å². The van der Waals surface area contributed by atoms with Crippen molar-refractivity contribution in [2.24, 2.45) is 0 Å². The van der Waals surface area contributed by atoms with Crippen molar-refractivity contribution < 1.29 is 51.6 Å². The number of aliphatic hydroxyl groups excluding tert-OH is 1. The van der Waals surface area contributed by atoms with Crippen LogP contribution in [0.1, 0.15) is 19.8 Å². The van der Waals surface area contributed by atoms with Crippen LogP contribution in [-0.4, -0.2) is 11.7 Å². The van der Waals surface area contributed by atoms with Crippen molar-refractivity contribution >= 4 is 11.4 Å². The predicted octanol–water partition coefficient (Wildman–Crippen LogP) is -1.19. The number of rotatable bonds is 4. The minimum atomic E-state index is 0. The molecule has 0 saturated carbocycles. The average molecular weight is 361 g/mol.